The molecule has 0 aliphatic carbocycles. The summed E-state index contributed by atoms with van der Waals surface area (Å²) in [5, 5.41) is 0. The smallest absolute Gasteiger partial charge is 0 e. The molecule has 0 aromatic carbocycles. The fourth-order valence-electron chi connectivity index (χ4n) is 0. The average molecular weight is 325 g/mol. The molecule has 0 saturated carbocycles. The van der Waals surface area contributed by atoms with E-state index in [0.29, 0.717) is 0 Å². The van der Waals surface area contributed by atoms with Gasteiger partial charge >= 0.3 is 0 Å². The van der Waals surface area contributed by atoms with Gasteiger partial charge in [0.2, 0.25) is 0 Å². The van der Waals surface area contributed by atoms with Gasteiger partial charge in [-0.2, -0.15) is 13.8 Å². The SMILES string of the molecule is C[CH-]C.[CH3-].[Y].[Y].[Y]. The van der Waals surface area contributed by atoms with E-state index in [4.69, 9.17) is 0 Å². The van der Waals surface area contributed by atoms with Crippen molar-refractivity contribution in [3.05, 3.63) is 13.8 Å². The van der Waals surface area contributed by atoms with Crippen LogP contribution in [0.2, 0.25) is 0 Å². The summed E-state index contributed by atoms with van der Waals surface area (Å²) in [5.74, 6) is 0. The summed E-state index contributed by atoms with van der Waals surface area (Å²) < 4.78 is 0. The maximum absolute atomic E-state index is 2.00. The molecule has 0 spiro atoms. The van der Waals surface area contributed by atoms with Crippen LogP contribution < -0.4 is 0 Å². The third-order valence-corrected chi connectivity index (χ3v) is 0. The van der Waals surface area contributed by atoms with E-state index in [1.807, 2.05) is 20.3 Å². The van der Waals surface area contributed by atoms with Gasteiger partial charge < -0.3 is 13.8 Å². The largest absolute Gasteiger partial charge is 0.358 e. The Bertz CT molecular complexity index is 6.90. The zero-order valence-electron chi connectivity index (χ0n) is 5.31. The predicted octanol–water partition coefficient (Wildman–Crippen LogP) is 1.67. The van der Waals surface area contributed by atoms with Crippen molar-refractivity contribution in [1.82, 2.24) is 0 Å². The van der Waals surface area contributed by atoms with Crippen molar-refractivity contribution in [3.63, 3.8) is 0 Å². The van der Waals surface area contributed by atoms with Gasteiger partial charge in [0, 0.05) is 98.1 Å². The second-order valence-corrected chi connectivity index (χ2v) is 0.577. The molecular weight excluding hydrogens is 315 g/mol. The van der Waals surface area contributed by atoms with Crippen LogP contribution in [0.3, 0.4) is 0 Å². The quantitative estimate of drug-likeness (QED) is 0.595. The molecule has 0 saturated heterocycles. The molecule has 0 bridgehead atoms. The Kier molecular flexibility index (Phi) is 157. The summed E-state index contributed by atoms with van der Waals surface area (Å²) in [7, 11) is 0. The van der Waals surface area contributed by atoms with Gasteiger partial charge in [0.05, 0.1) is 0 Å². The molecular formula is C4H10Y3-2. The Labute approximate surface area is 123 Å². The molecule has 0 aromatic rings. The first-order valence-corrected chi connectivity index (χ1v) is 1.15. The molecule has 0 N–H and O–H groups in total. The van der Waals surface area contributed by atoms with Gasteiger partial charge in [0.1, 0.15) is 0 Å². The topological polar surface area (TPSA) is 0 Å². The van der Waals surface area contributed by atoms with Crippen LogP contribution in [-0.4, -0.2) is 0 Å². The van der Waals surface area contributed by atoms with E-state index in [1.54, 1.807) is 0 Å². The molecule has 0 rings (SSSR count). The zero-order chi connectivity index (χ0) is 2.71. The second kappa shape index (κ2) is 34.6. The molecule has 0 heterocycles. The van der Waals surface area contributed by atoms with E-state index >= 15 is 0 Å². The normalized spacial score (nSPS) is 2.57. The Morgan fingerprint density at radius 2 is 0.857 bits per heavy atom. The molecule has 7 heavy (non-hydrogen) atoms. The van der Waals surface area contributed by atoms with E-state index in [1.165, 1.54) is 0 Å². The van der Waals surface area contributed by atoms with E-state index in [0.717, 1.165) is 0 Å². The summed E-state index contributed by atoms with van der Waals surface area (Å²) in [6, 6.07) is 0. The minimum Gasteiger partial charge on any atom is -0.358 e. The van der Waals surface area contributed by atoms with Crippen LogP contribution in [0.5, 0.6) is 0 Å². The summed E-state index contributed by atoms with van der Waals surface area (Å²) in [4.78, 5) is 0. The molecule has 0 fully saturated rings. The van der Waals surface area contributed by atoms with Gasteiger partial charge in [-0.05, 0) is 0 Å². The molecule has 0 unspecified atom stereocenters. The van der Waals surface area contributed by atoms with Gasteiger partial charge in [-0.25, -0.2) is 0 Å². The Hall–Kier alpha value is 3.31. The van der Waals surface area contributed by atoms with Crippen molar-refractivity contribution in [2.75, 3.05) is 0 Å². The molecule has 0 nitrogen and oxygen atoms in total. The fraction of sp³-hybridized carbons (Fsp3) is 0.500. The van der Waals surface area contributed by atoms with Gasteiger partial charge in [-0.15, -0.1) is 0 Å². The van der Waals surface area contributed by atoms with Gasteiger partial charge in [0.15, 0.2) is 0 Å². The third-order valence-electron chi connectivity index (χ3n) is 0. The van der Waals surface area contributed by atoms with E-state index in [-0.39, 0.29) is 106 Å². The molecule has 0 aliphatic heterocycles. The number of hydrogen-bond donors (Lipinski definition) is 0. The molecule has 0 amide bonds. The van der Waals surface area contributed by atoms with E-state index < -0.39 is 0 Å². The minimum atomic E-state index is 0. The van der Waals surface area contributed by atoms with Crippen molar-refractivity contribution < 1.29 is 98.1 Å². The van der Waals surface area contributed by atoms with Crippen LogP contribution in [0.15, 0.2) is 0 Å². The van der Waals surface area contributed by atoms with Crippen LogP contribution >= 0.6 is 0 Å². The van der Waals surface area contributed by atoms with Crippen LogP contribution in [0.1, 0.15) is 13.8 Å². The Morgan fingerprint density at radius 3 is 0.857 bits per heavy atom. The average Bonchev–Trinajstić information content (AvgIpc) is 0.918. The molecule has 0 aliphatic rings. The zero-order valence-corrected chi connectivity index (χ0v) is 13.8. The molecule has 0 atom stereocenters. The molecule has 37 valence electrons. The first kappa shape index (κ1) is 31.7. The maximum Gasteiger partial charge on any atom is 0 e. The third kappa shape index (κ3) is 45.4. The van der Waals surface area contributed by atoms with E-state index in [2.05, 4.69) is 0 Å². The molecule has 0 aromatic heterocycles. The van der Waals surface area contributed by atoms with Gasteiger partial charge in [0.25, 0.3) is 0 Å². The summed E-state index contributed by atoms with van der Waals surface area (Å²) in [6.07, 6.45) is 2.00. The number of rotatable bonds is 0. The van der Waals surface area contributed by atoms with Crippen molar-refractivity contribution in [2.45, 2.75) is 13.8 Å². The maximum atomic E-state index is 2.00. The van der Waals surface area contributed by atoms with Crippen LogP contribution in [0, 0.1) is 13.8 Å². The number of hydrogen-bond acceptors (Lipinski definition) is 0. The van der Waals surface area contributed by atoms with Gasteiger partial charge in [-0.3, -0.25) is 0 Å². The summed E-state index contributed by atoms with van der Waals surface area (Å²) >= 11 is 0. The fourth-order valence-corrected chi connectivity index (χ4v) is 0. The second-order valence-electron chi connectivity index (χ2n) is 0.577. The van der Waals surface area contributed by atoms with Gasteiger partial charge in [-0.1, -0.05) is 0 Å². The Balaban J connectivity index is -0.00000000333. The van der Waals surface area contributed by atoms with Crippen LogP contribution in [0.4, 0.5) is 0 Å². The van der Waals surface area contributed by atoms with Crippen molar-refractivity contribution in [2.24, 2.45) is 0 Å². The first-order valence-electron chi connectivity index (χ1n) is 1.15. The van der Waals surface area contributed by atoms with Crippen molar-refractivity contribution in [3.8, 4) is 0 Å². The Morgan fingerprint density at radius 1 is 0.857 bits per heavy atom. The first-order chi connectivity index (χ1) is 1.41. The summed E-state index contributed by atoms with van der Waals surface area (Å²) in [6.45, 7) is 4.00. The van der Waals surface area contributed by atoms with E-state index in [9.17, 15) is 0 Å². The molecule has 3 heteroatoms. The summed E-state index contributed by atoms with van der Waals surface area (Å²) in [5.41, 5.74) is 0. The van der Waals surface area contributed by atoms with Crippen LogP contribution in [-0.2, 0) is 98.1 Å². The minimum absolute atomic E-state index is 0. The standard InChI is InChI=1S/C3H7.CH3.3Y/c1-3-2;;;;/h3H,1-2H3;1H3;;;/q2*-1;;;. The molecule has 3 radical (unpaired) electrons. The van der Waals surface area contributed by atoms with Crippen molar-refractivity contribution in [1.29, 1.82) is 0 Å². The monoisotopic (exact) mass is 325 g/mol. The van der Waals surface area contributed by atoms with Crippen molar-refractivity contribution >= 4 is 0 Å². The van der Waals surface area contributed by atoms with Crippen LogP contribution in [0.25, 0.3) is 0 Å². The predicted molar refractivity (Wildman–Crippen MR) is 22.1 cm³/mol.